The summed E-state index contributed by atoms with van der Waals surface area (Å²) in [5.74, 6) is -1.33. The van der Waals surface area contributed by atoms with Crippen LogP contribution in [0.2, 0.25) is 0 Å². The number of carbonyl (C=O) groups excluding carboxylic acids is 2. The number of piperidine rings is 1. The minimum Gasteiger partial charge on any atom is -0.481 e. The van der Waals surface area contributed by atoms with Crippen LogP contribution in [0.25, 0.3) is 0 Å². The number of amides is 2. The van der Waals surface area contributed by atoms with Crippen molar-refractivity contribution in [2.75, 3.05) is 13.1 Å². The van der Waals surface area contributed by atoms with Crippen LogP contribution < -0.4 is 5.32 Å². The van der Waals surface area contributed by atoms with E-state index in [1.165, 1.54) is 6.92 Å². The van der Waals surface area contributed by atoms with Crippen LogP contribution in [0.3, 0.4) is 0 Å². The number of carboxylic acid groups (broad SMARTS) is 1. The SMILES string of the molecule is CCC1(C(=O)O)CCCN(C(=O)C(C)NC(C)=O)C1. The third-order valence-electron chi connectivity index (χ3n) is 3.81. The summed E-state index contributed by atoms with van der Waals surface area (Å²) in [6.07, 6.45) is 1.77. The molecule has 108 valence electrons. The van der Waals surface area contributed by atoms with Crippen molar-refractivity contribution in [3.8, 4) is 0 Å². The number of likely N-dealkylation sites (tertiary alicyclic amines) is 1. The second kappa shape index (κ2) is 6.04. The Morgan fingerprint density at radius 2 is 2.05 bits per heavy atom. The summed E-state index contributed by atoms with van der Waals surface area (Å²) in [6, 6.07) is -0.612. The standard InChI is InChI=1S/C13H22N2O4/c1-4-13(12(18)19)6-5-7-15(8-13)11(17)9(2)14-10(3)16/h9H,4-8H2,1-3H3,(H,14,16)(H,18,19). The van der Waals surface area contributed by atoms with E-state index in [0.29, 0.717) is 25.8 Å². The third kappa shape index (κ3) is 3.45. The summed E-state index contributed by atoms with van der Waals surface area (Å²) < 4.78 is 0. The van der Waals surface area contributed by atoms with E-state index in [9.17, 15) is 19.5 Å². The molecule has 1 aliphatic heterocycles. The van der Waals surface area contributed by atoms with Gasteiger partial charge in [-0.25, -0.2) is 0 Å². The molecule has 1 aliphatic rings. The highest BCUT2D eigenvalue weighted by Gasteiger charge is 2.42. The van der Waals surface area contributed by atoms with Gasteiger partial charge in [0.2, 0.25) is 11.8 Å². The minimum atomic E-state index is -0.848. The van der Waals surface area contributed by atoms with E-state index in [4.69, 9.17) is 0 Å². The van der Waals surface area contributed by atoms with E-state index in [1.54, 1.807) is 11.8 Å². The van der Waals surface area contributed by atoms with Gasteiger partial charge in [-0.15, -0.1) is 0 Å². The molecule has 2 unspecified atom stereocenters. The molecular formula is C13H22N2O4. The number of carboxylic acids is 1. The first-order valence-electron chi connectivity index (χ1n) is 6.61. The van der Waals surface area contributed by atoms with Gasteiger partial charge in [0.05, 0.1) is 5.41 Å². The molecule has 0 saturated carbocycles. The second-order valence-electron chi connectivity index (χ2n) is 5.22. The number of rotatable bonds is 4. The van der Waals surface area contributed by atoms with Gasteiger partial charge < -0.3 is 15.3 Å². The Labute approximate surface area is 113 Å². The molecule has 2 amide bonds. The molecule has 0 spiro atoms. The molecule has 0 aromatic heterocycles. The zero-order chi connectivity index (χ0) is 14.6. The van der Waals surface area contributed by atoms with Crippen LogP contribution in [0.4, 0.5) is 0 Å². The van der Waals surface area contributed by atoms with Crippen LogP contribution in [0.1, 0.15) is 40.0 Å². The normalized spacial score (nSPS) is 24.7. The number of aliphatic carboxylic acids is 1. The number of nitrogens with one attached hydrogen (secondary N) is 1. The Bertz CT molecular complexity index is 383. The zero-order valence-corrected chi connectivity index (χ0v) is 11.7. The van der Waals surface area contributed by atoms with Crippen LogP contribution in [-0.4, -0.2) is 46.9 Å². The van der Waals surface area contributed by atoms with Crippen molar-refractivity contribution < 1.29 is 19.5 Å². The number of carbonyl (C=O) groups is 3. The van der Waals surface area contributed by atoms with Gasteiger partial charge in [0.1, 0.15) is 6.04 Å². The van der Waals surface area contributed by atoms with Crippen molar-refractivity contribution in [2.45, 2.75) is 46.1 Å². The average molecular weight is 270 g/mol. The van der Waals surface area contributed by atoms with Gasteiger partial charge in [0, 0.05) is 20.0 Å². The first kappa shape index (κ1) is 15.5. The zero-order valence-electron chi connectivity index (χ0n) is 11.7. The lowest BCUT2D eigenvalue weighted by Gasteiger charge is -2.40. The molecule has 0 aromatic carbocycles. The molecule has 6 heteroatoms. The lowest BCUT2D eigenvalue weighted by molar-refractivity contribution is -0.156. The first-order chi connectivity index (χ1) is 8.82. The van der Waals surface area contributed by atoms with Crippen molar-refractivity contribution in [3.63, 3.8) is 0 Å². The summed E-state index contributed by atoms with van der Waals surface area (Å²) in [5.41, 5.74) is -0.843. The van der Waals surface area contributed by atoms with Crippen LogP contribution in [0, 0.1) is 5.41 Å². The van der Waals surface area contributed by atoms with Crippen molar-refractivity contribution in [1.29, 1.82) is 0 Å². The maximum atomic E-state index is 12.2. The van der Waals surface area contributed by atoms with Gasteiger partial charge in [-0.05, 0) is 26.2 Å². The highest BCUT2D eigenvalue weighted by molar-refractivity contribution is 5.87. The Kier molecular flexibility index (Phi) is 4.91. The number of nitrogens with zero attached hydrogens (tertiary/aromatic N) is 1. The highest BCUT2D eigenvalue weighted by atomic mass is 16.4. The molecule has 1 heterocycles. The fourth-order valence-corrected chi connectivity index (χ4v) is 2.57. The fraction of sp³-hybridized carbons (Fsp3) is 0.769. The summed E-state index contributed by atoms with van der Waals surface area (Å²) >= 11 is 0. The molecule has 0 radical (unpaired) electrons. The van der Waals surface area contributed by atoms with Gasteiger partial charge in [0.25, 0.3) is 0 Å². The molecule has 0 bridgehead atoms. The van der Waals surface area contributed by atoms with Gasteiger partial charge in [0.15, 0.2) is 0 Å². The Morgan fingerprint density at radius 3 is 2.53 bits per heavy atom. The van der Waals surface area contributed by atoms with Crippen LogP contribution in [0.15, 0.2) is 0 Å². The van der Waals surface area contributed by atoms with E-state index in [1.807, 2.05) is 6.92 Å². The van der Waals surface area contributed by atoms with Crippen molar-refractivity contribution in [1.82, 2.24) is 10.2 Å². The van der Waals surface area contributed by atoms with E-state index in [-0.39, 0.29) is 18.4 Å². The molecule has 2 N–H and O–H groups in total. The predicted octanol–water partition coefficient (Wildman–Crippen LogP) is 0.614. The van der Waals surface area contributed by atoms with Crippen molar-refractivity contribution >= 4 is 17.8 Å². The molecule has 19 heavy (non-hydrogen) atoms. The van der Waals surface area contributed by atoms with E-state index in [2.05, 4.69) is 5.32 Å². The van der Waals surface area contributed by atoms with Crippen LogP contribution >= 0.6 is 0 Å². The monoisotopic (exact) mass is 270 g/mol. The predicted molar refractivity (Wildman–Crippen MR) is 69.5 cm³/mol. The minimum absolute atomic E-state index is 0.214. The van der Waals surface area contributed by atoms with Crippen molar-refractivity contribution in [2.24, 2.45) is 5.41 Å². The van der Waals surface area contributed by atoms with E-state index < -0.39 is 17.4 Å². The summed E-state index contributed by atoms with van der Waals surface area (Å²) in [5, 5.41) is 11.9. The molecule has 1 rings (SSSR count). The van der Waals surface area contributed by atoms with Crippen LogP contribution in [-0.2, 0) is 14.4 Å². The summed E-state index contributed by atoms with van der Waals surface area (Å²) in [7, 11) is 0. The molecule has 0 aliphatic carbocycles. The molecule has 2 atom stereocenters. The maximum Gasteiger partial charge on any atom is 0.311 e. The number of hydrogen-bond donors (Lipinski definition) is 2. The largest absolute Gasteiger partial charge is 0.481 e. The van der Waals surface area contributed by atoms with Crippen molar-refractivity contribution in [3.05, 3.63) is 0 Å². The maximum absolute atomic E-state index is 12.2. The molecule has 0 aromatic rings. The third-order valence-corrected chi connectivity index (χ3v) is 3.81. The molecule has 1 fully saturated rings. The Hall–Kier alpha value is -1.59. The molecular weight excluding hydrogens is 248 g/mol. The topological polar surface area (TPSA) is 86.7 Å². The Balaban J connectivity index is 2.76. The van der Waals surface area contributed by atoms with Crippen LogP contribution in [0.5, 0.6) is 0 Å². The fourth-order valence-electron chi connectivity index (χ4n) is 2.57. The number of hydrogen-bond acceptors (Lipinski definition) is 3. The quantitative estimate of drug-likeness (QED) is 0.783. The van der Waals surface area contributed by atoms with E-state index >= 15 is 0 Å². The first-order valence-corrected chi connectivity index (χ1v) is 6.61. The van der Waals surface area contributed by atoms with Gasteiger partial charge >= 0.3 is 5.97 Å². The average Bonchev–Trinajstić information content (AvgIpc) is 2.36. The summed E-state index contributed by atoms with van der Waals surface area (Å²) in [4.78, 5) is 36.1. The second-order valence-corrected chi connectivity index (χ2v) is 5.22. The Morgan fingerprint density at radius 1 is 1.42 bits per heavy atom. The lowest BCUT2D eigenvalue weighted by atomic mass is 9.77. The smallest absolute Gasteiger partial charge is 0.311 e. The lowest BCUT2D eigenvalue weighted by Crippen LogP contribution is -2.54. The van der Waals surface area contributed by atoms with Gasteiger partial charge in [-0.1, -0.05) is 6.92 Å². The molecule has 6 nitrogen and oxygen atoms in total. The van der Waals surface area contributed by atoms with E-state index in [0.717, 1.165) is 0 Å². The van der Waals surface area contributed by atoms with Gasteiger partial charge in [-0.2, -0.15) is 0 Å². The highest BCUT2D eigenvalue weighted by Crippen LogP contribution is 2.33. The summed E-state index contributed by atoms with van der Waals surface area (Å²) in [6.45, 7) is 5.58. The van der Waals surface area contributed by atoms with Gasteiger partial charge in [-0.3, -0.25) is 14.4 Å². The molecule has 1 saturated heterocycles.